The van der Waals surface area contributed by atoms with Crippen molar-refractivity contribution in [3.63, 3.8) is 0 Å². The van der Waals surface area contributed by atoms with Crippen LogP contribution in [0.1, 0.15) is 30.9 Å². The number of rotatable bonds is 3. The Morgan fingerprint density at radius 3 is 2.74 bits per heavy atom. The van der Waals surface area contributed by atoms with Gasteiger partial charge in [0.15, 0.2) is 0 Å². The van der Waals surface area contributed by atoms with E-state index >= 15 is 0 Å². The van der Waals surface area contributed by atoms with Gasteiger partial charge < -0.3 is 9.64 Å². The minimum absolute atomic E-state index is 0.0193. The van der Waals surface area contributed by atoms with Gasteiger partial charge in [0.25, 0.3) is 0 Å². The zero-order chi connectivity index (χ0) is 13.2. The maximum atomic E-state index is 12.1. The highest BCUT2D eigenvalue weighted by atomic mass is 35.5. The molecule has 1 aliphatic heterocycles. The number of benzene rings is 1. The highest BCUT2D eigenvalue weighted by molar-refractivity contribution is 6.30. The topological polar surface area (TPSA) is 29.5 Å². The number of nitrogens with zero attached hydrogens (tertiary/aromatic N) is 1. The average Bonchev–Trinajstić information content (AvgIpc) is 3.24. The molecule has 0 spiro atoms. The summed E-state index contributed by atoms with van der Waals surface area (Å²) in [6, 6.07) is 7.68. The van der Waals surface area contributed by atoms with Crippen LogP contribution in [-0.4, -0.2) is 30.5 Å². The maximum absolute atomic E-state index is 12.1. The van der Waals surface area contributed by atoms with Crippen LogP contribution in [0, 0.1) is 5.92 Å². The van der Waals surface area contributed by atoms with E-state index in [1.54, 1.807) is 0 Å². The van der Waals surface area contributed by atoms with E-state index in [9.17, 15) is 4.79 Å². The highest BCUT2D eigenvalue weighted by Crippen LogP contribution is 2.33. The van der Waals surface area contributed by atoms with Crippen LogP contribution in [-0.2, 0) is 9.53 Å². The molecule has 1 unspecified atom stereocenters. The molecule has 0 radical (unpaired) electrons. The van der Waals surface area contributed by atoms with Crippen LogP contribution in [0.25, 0.3) is 0 Å². The van der Waals surface area contributed by atoms with Gasteiger partial charge in [0, 0.05) is 18.0 Å². The Labute approximate surface area is 118 Å². The van der Waals surface area contributed by atoms with Crippen LogP contribution in [0.5, 0.6) is 0 Å². The van der Waals surface area contributed by atoms with Crippen molar-refractivity contribution in [2.75, 3.05) is 19.7 Å². The second-order valence-corrected chi connectivity index (χ2v) is 5.83. The summed E-state index contributed by atoms with van der Waals surface area (Å²) in [4.78, 5) is 14.1. The fourth-order valence-electron chi connectivity index (χ4n) is 2.45. The molecule has 4 heteroatoms. The van der Waals surface area contributed by atoms with Gasteiger partial charge in [-0.25, -0.2) is 0 Å². The molecule has 1 saturated heterocycles. The Morgan fingerprint density at radius 1 is 1.32 bits per heavy atom. The molecule has 1 aliphatic carbocycles. The third-order valence-corrected chi connectivity index (χ3v) is 4.07. The van der Waals surface area contributed by atoms with Crippen molar-refractivity contribution in [3.05, 3.63) is 34.9 Å². The average molecular weight is 280 g/mol. The first-order chi connectivity index (χ1) is 9.22. The van der Waals surface area contributed by atoms with E-state index in [4.69, 9.17) is 16.3 Å². The summed E-state index contributed by atoms with van der Waals surface area (Å²) < 4.78 is 5.77. The number of ether oxygens (including phenoxy) is 1. The Kier molecular flexibility index (Phi) is 3.76. The molecule has 1 amide bonds. The lowest BCUT2D eigenvalue weighted by Gasteiger charge is -2.33. The Morgan fingerprint density at radius 2 is 2.05 bits per heavy atom. The van der Waals surface area contributed by atoms with E-state index in [0.29, 0.717) is 25.5 Å². The van der Waals surface area contributed by atoms with E-state index in [1.165, 1.54) is 12.8 Å². The summed E-state index contributed by atoms with van der Waals surface area (Å²) >= 11 is 5.89. The minimum atomic E-state index is -0.0193. The van der Waals surface area contributed by atoms with Gasteiger partial charge in [-0.05, 0) is 36.5 Å². The summed E-state index contributed by atoms with van der Waals surface area (Å²) in [5, 5.41) is 0.723. The first-order valence-corrected chi connectivity index (χ1v) is 7.25. The molecule has 3 nitrogen and oxygen atoms in total. The van der Waals surface area contributed by atoms with Gasteiger partial charge in [0.2, 0.25) is 5.91 Å². The third kappa shape index (κ3) is 3.28. The number of hydrogen-bond donors (Lipinski definition) is 0. The smallest absolute Gasteiger partial charge is 0.223 e. The second-order valence-electron chi connectivity index (χ2n) is 5.40. The number of halogens is 1. The summed E-state index contributed by atoms with van der Waals surface area (Å²) in [5.41, 5.74) is 1.09. The molecule has 0 aromatic heterocycles. The molecule has 1 atom stereocenters. The number of morpholine rings is 1. The first-order valence-electron chi connectivity index (χ1n) is 6.87. The summed E-state index contributed by atoms with van der Waals surface area (Å²) in [6.45, 7) is 1.99. The monoisotopic (exact) mass is 279 g/mol. The SMILES string of the molecule is O=C(CC1CC1)N1CCOC(c2ccc(Cl)cc2)C1. The third-order valence-electron chi connectivity index (χ3n) is 3.82. The van der Waals surface area contributed by atoms with Gasteiger partial charge >= 0.3 is 0 Å². The molecule has 1 aromatic carbocycles. The molecule has 0 N–H and O–H groups in total. The first kappa shape index (κ1) is 12.9. The standard InChI is InChI=1S/C15H18ClNO2/c16-13-5-3-12(4-6-13)14-10-17(7-8-19-14)15(18)9-11-1-2-11/h3-6,11,14H,1-2,7-10H2. The predicted molar refractivity (Wildman–Crippen MR) is 74.1 cm³/mol. The molecule has 3 rings (SSSR count). The van der Waals surface area contributed by atoms with E-state index in [-0.39, 0.29) is 12.0 Å². The van der Waals surface area contributed by atoms with Gasteiger partial charge in [-0.15, -0.1) is 0 Å². The van der Waals surface area contributed by atoms with Crippen molar-refractivity contribution in [1.29, 1.82) is 0 Å². The molecular weight excluding hydrogens is 262 g/mol. The molecule has 19 heavy (non-hydrogen) atoms. The van der Waals surface area contributed by atoms with Gasteiger partial charge in [0.05, 0.1) is 13.2 Å². The molecule has 2 fully saturated rings. The van der Waals surface area contributed by atoms with Crippen molar-refractivity contribution in [1.82, 2.24) is 4.90 Å². The van der Waals surface area contributed by atoms with Gasteiger partial charge in [-0.2, -0.15) is 0 Å². The fraction of sp³-hybridized carbons (Fsp3) is 0.533. The fourth-order valence-corrected chi connectivity index (χ4v) is 2.58. The zero-order valence-corrected chi connectivity index (χ0v) is 11.6. The Bertz CT molecular complexity index is 456. The maximum Gasteiger partial charge on any atom is 0.223 e. The lowest BCUT2D eigenvalue weighted by Crippen LogP contribution is -2.42. The van der Waals surface area contributed by atoms with Crippen molar-refractivity contribution in [3.8, 4) is 0 Å². The molecule has 0 bridgehead atoms. The number of carbonyl (C=O) groups is 1. The van der Waals surface area contributed by atoms with Gasteiger partial charge in [0.1, 0.15) is 6.10 Å². The second kappa shape index (κ2) is 5.51. The van der Waals surface area contributed by atoms with Crippen LogP contribution in [0.3, 0.4) is 0 Å². The lowest BCUT2D eigenvalue weighted by molar-refractivity contribution is -0.139. The number of amides is 1. The van der Waals surface area contributed by atoms with Crippen LogP contribution in [0.4, 0.5) is 0 Å². The minimum Gasteiger partial charge on any atom is -0.370 e. The predicted octanol–water partition coefficient (Wildman–Crippen LogP) is 3.04. The van der Waals surface area contributed by atoms with Crippen LogP contribution >= 0.6 is 11.6 Å². The van der Waals surface area contributed by atoms with E-state index in [0.717, 1.165) is 17.1 Å². The van der Waals surface area contributed by atoms with Crippen LogP contribution in [0.15, 0.2) is 24.3 Å². The van der Waals surface area contributed by atoms with E-state index < -0.39 is 0 Å². The summed E-state index contributed by atoms with van der Waals surface area (Å²) in [7, 11) is 0. The lowest BCUT2D eigenvalue weighted by atomic mass is 10.1. The van der Waals surface area contributed by atoms with E-state index in [1.807, 2.05) is 29.2 Å². The van der Waals surface area contributed by atoms with Crippen LogP contribution in [0.2, 0.25) is 5.02 Å². The Hall–Kier alpha value is -1.06. The molecule has 1 saturated carbocycles. The molecule has 1 aromatic rings. The number of carbonyl (C=O) groups excluding carboxylic acids is 1. The molecule has 2 aliphatic rings. The molecule has 102 valence electrons. The molecular formula is C15H18ClNO2. The largest absolute Gasteiger partial charge is 0.370 e. The van der Waals surface area contributed by atoms with Gasteiger partial charge in [-0.3, -0.25) is 4.79 Å². The number of hydrogen-bond acceptors (Lipinski definition) is 2. The van der Waals surface area contributed by atoms with Gasteiger partial charge in [-0.1, -0.05) is 23.7 Å². The van der Waals surface area contributed by atoms with Crippen molar-refractivity contribution >= 4 is 17.5 Å². The summed E-state index contributed by atoms with van der Waals surface area (Å²) in [6.07, 6.45) is 3.13. The normalized spacial score (nSPS) is 23.4. The van der Waals surface area contributed by atoms with Crippen molar-refractivity contribution in [2.24, 2.45) is 5.92 Å². The summed E-state index contributed by atoms with van der Waals surface area (Å²) in [5.74, 6) is 0.925. The van der Waals surface area contributed by atoms with Crippen molar-refractivity contribution < 1.29 is 9.53 Å². The van der Waals surface area contributed by atoms with Crippen molar-refractivity contribution in [2.45, 2.75) is 25.4 Å². The van der Waals surface area contributed by atoms with E-state index in [2.05, 4.69) is 0 Å². The highest BCUT2D eigenvalue weighted by Gasteiger charge is 2.30. The zero-order valence-electron chi connectivity index (χ0n) is 10.8. The quantitative estimate of drug-likeness (QED) is 0.851. The molecule has 1 heterocycles. The Balaban J connectivity index is 1.63. The van der Waals surface area contributed by atoms with Crippen LogP contribution < -0.4 is 0 Å².